The number of aryl methyl sites for hydroxylation is 2. The number of benzene rings is 1. The summed E-state index contributed by atoms with van der Waals surface area (Å²) in [6, 6.07) is 3.76. The molecule has 0 aliphatic heterocycles. The van der Waals surface area contributed by atoms with Crippen molar-refractivity contribution in [3.05, 3.63) is 45.2 Å². The first-order chi connectivity index (χ1) is 7.50. The third-order valence-corrected chi connectivity index (χ3v) is 2.87. The number of H-pyrrole nitrogens is 1. The Labute approximate surface area is 93.1 Å². The Kier molecular flexibility index (Phi) is 2.38. The molecular formula is C13H13NO2. The van der Waals surface area contributed by atoms with E-state index in [0.29, 0.717) is 5.39 Å². The fourth-order valence-electron chi connectivity index (χ4n) is 1.75. The smallest absolute Gasteiger partial charge is 0.200 e. The van der Waals surface area contributed by atoms with Gasteiger partial charge in [-0.1, -0.05) is 0 Å². The first kappa shape index (κ1) is 10.6. The largest absolute Gasteiger partial charge is 0.360 e. The molecule has 0 unspecified atom stereocenters. The highest BCUT2D eigenvalue weighted by Crippen LogP contribution is 2.15. The molecule has 1 aromatic carbocycles. The monoisotopic (exact) mass is 215 g/mol. The normalized spacial score (nSPS) is 10.7. The number of fused-ring (bicyclic) bond motifs is 1. The molecule has 0 spiro atoms. The summed E-state index contributed by atoms with van der Waals surface area (Å²) in [5.74, 6) is -0.207. The highest BCUT2D eigenvalue weighted by atomic mass is 16.1. The second kappa shape index (κ2) is 3.59. The molecule has 0 fully saturated rings. The second-order valence-electron chi connectivity index (χ2n) is 4.07. The van der Waals surface area contributed by atoms with Crippen molar-refractivity contribution < 1.29 is 4.79 Å². The van der Waals surface area contributed by atoms with Crippen LogP contribution in [0.2, 0.25) is 0 Å². The van der Waals surface area contributed by atoms with Gasteiger partial charge in [0, 0.05) is 17.1 Å². The van der Waals surface area contributed by atoms with Crippen LogP contribution in [0.4, 0.5) is 0 Å². The van der Waals surface area contributed by atoms with Crippen LogP contribution in [0.3, 0.4) is 0 Å². The minimum Gasteiger partial charge on any atom is -0.360 e. The molecule has 82 valence electrons. The molecule has 16 heavy (non-hydrogen) atoms. The molecule has 1 N–H and O–H groups in total. The van der Waals surface area contributed by atoms with Crippen molar-refractivity contribution in [3.8, 4) is 0 Å². The maximum atomic E-state index is 12.0. The van der Waals surface area contributed by atoms with Gasteiger partial charge in [-0.05, 0) is 44.0 Å². The van der Waals surface area contributed by atoms with Crippen LogP contribution in [0.25, 0.3) is 10.9 Å². The predicted molar refractivity (Wildman–Crippen MR) is 64.0 cm³/mol. The zero-order valence-electron chi connectivity index (χ0n) is 9.55. The van der Waals surface area contributed by atoms with Crippen LogP contribution in [0, 0.1) is 13.8 Å². The summed E-state index contributed by atoms with van der Waals surface area (Å²) in [7, 11) is 0. The van der Waals surface area contributed by atoms with Crippen molar-refractivity contribution in [1.82, 2.24) is 4.98 Å². The average Bonchev–Trinajstić information content (AvgIpc) is 2.21. The molecule has 0 amide bonds. The summed E-state index contributed by atoms with van der Waals surface area (Å²) in [5, 5.41) is 0.579. The Balaban J connectivity index is 2.90. The summed E-state index contributed by atoms with van der Waals surface area (Å²) in [5.41, 5.74) is 2.98. The van der Waals surface area contributed by atoms with Crippen molar-refractivity contribution in [2.24, 2.45) is 0 Å². The van der Waals surface area contributed by atoms with Gasteiger partial charge in [-0.2, -0.15) is 0 Å². The zero-order chi connectivity index (χ0) is 11.9. The molecule has 1 heterocycles. The molecule has 0 aliphatic carbocycles. The average molecular weight is 215 g/mol. The van der Waals surface area contributed by atoms with E-state index in [4.69, 9.17) is 0 Å². The lowest BCUT2D eigenvalue weighted by atomic mass is 10.0. The van der Waals surface area contributed by atoms with E-state index >= 15 is 0 Å². The lowest BCUT2D eigenvalue weighted by molar-refractivity contribution is 0.101. The van der Waals surface area contributed by atoms with Gasteiger partial charge in [-0.3, -0.25) is 9.59 Å². The van der Waals surface area contributed by atoms with E-state index < -0.39 is 0 Å². The second-order valence-corrected chi connectivity index (χ2v) is 4.07. The molecule has 3 heteroatoms. The van der Waals surface area contributed by atoms with Crippen LogP contribution in [0.1, 0.15) is 28.4 Å². The number of carbonyl (C=O) groups is 1. The number of aromatic nitrogens is 1. The molecule has 2 aromatic rings. The molecule has 1 aromatic heterocycles. The van der Waals surface area contributed by atoms with E-state index in [-0.39, 0.29) is 16.8 Å². The lowest BCUT2D eigenvalue weighted by Gasteiger charge is -2.04. The molecule has 0 saturated heterocycles. The molecule has 0 bridgehead atoms. The third-order valence-electron chi connectivity index (χ3n) is 2.87. The summed E-state index contributed by atoms with van der Waals surface area (Å²) in [6.45, 7) is 5.35. The van der Waals surface area contributed by atoms with Crippen LogP contribution in [-0.2, 0) is 0 Å². The van der Waals surface area contributed by atoms with Crippen molar-refractivity contribution in [2.75, 3.05) is 0 Å². The maximum absolute atomic E-state index is 12.0. The SMILES string of the molecule is CC(=O)c1c[nH]c2cc(C)c(C)cc2c1=O. The number of Topliss-reactive ketones (excluding diaryl/α,β-unsaturated/α-hetero) is 1. The van der Waals surface area contributed by atoms with Crippen molar-refractivity contribution >= 4 is 16.7 Å². The molecule has 0 saturated carbocycles. The van der Waals surface area contributed by atoms with Gasteiger partial charge < -0.3 is 4.98 Å². The molecule has 0 atom stereocenters. The van der Waals surface area contributed by atoms with Crippen LogP contribution in [0.15, 0.2) is 23.1 Å². The Hall–Kier alpha value is -1.90. The van der Waals surface area contributed by atoms with Crippen LogP contribution >= 0.6 is 0 Å². The Morgan fingerprint density at radius 1 is 1.19 bits per heavy atom. The topological polar surface area (TPSA) is 49.9 Å². The van der Waals surface area contributed by atoms with Crippen LogP contribution in [-0.4, -0.2) is 10.8 Å². The van der Waals surface area contributed by atoms with E-state index in [1.807, 2.05) is 26.0 Å². The summed E-state index contributed by atoms with van der Waals surface area (Å²) < 4.78 is 0. The van der Waals surface area contributed by atoms with Gasteiger partial charge in [0.25, 0.3) is 0 Å². The Morgan fingerprint density at radius 2 is 1.81 bits per heavy atom. The highest BCUT2D eigenvalue weighted by Gasteiger charge is 2.09. The van der Waals surface area contributed by atoms with Crippen molar-refractivity contribution in [3.63, 3.8) is 0 Å². The number of aromatic amines is 1. The number of hydrogen-bond acceptors (Lipinski definition) is 2. The van der Waals surface area contributed by atoms with Gasteiger partial charge >= 0.3 is 0 Å². The molecule has 0 aliphatic rings. The van der Waals surface area contributed by atoms with Crippen LogP contribution in [0.5, 0.6) is 0 Å². The lowest BCUT2D eigenvalue weighted by Crippen LogP contribution is -2.13. The van der Waals surface area contributed by atoms with E-state index in [1.165, 1.54) is 13.1 Å². The van der Waals surface area contributed by atoms with Crippen LogP contribution < -0.4 is 5.43 Å². The Morgan fingerprint density at radius 3 is 2.44 bits per heavy atom. The van der Waals surface area contributed by atoms with E-state index in [0.717, 1.165) is 16.6 Å². The van der Waals surface area contributed by atoms with Gasteiger partial charge in [0.1, 0.15) is 0 Å². The Bertz CT molecular complexity index is 638. The van der Waals surface area contributed by atoms with Gasteiger partial charge in [-0.15, -0.1) is 0 Å². The maximum Gasteiger partial charge on any atom is 0.200 e. The molecule has 2 rings (SSSR count). The van der Waals surface area contributed by atoms with E-state index in [2.05, 4.69) is 4.98 Å². The molecular weight excluding hydrogens is 202 g/mol. The van der Waals surface area contributed by atoms with Gasteiger partial charge in [-0.25, -0.2) is 0 Å². The minimum absolute atomic E-state index is 0.190. The standard InChI is InChI=1S/C13H13NO2/c1-7-4-10-12(5-8(7)2)14-6-11(9(3)15)13(10)16/h4-6H,1-3H3,(H,14,16). The number of rotatable bonds is 1. The fraction of sp³-hybridized carbons (Fsp3) is 0.231. The van der Waals surface area contributed by atoms with Gasteiger partial charge in [0.15, 0.2) is 11.2 Å². The summed E-state index contributed by atoms with van der Waals surface area (Å²) >= 11 is 0. The number of pyridine rings is 1. The predicted octanol–water partition coefficient (Wildman–Crippen LogP) is 2.35. The van der Waals surface area contributed by atoms with E-state index in [9.17, 15) is 9.59 Å². The minimum atomic E-state index is -0.207. The van der Waals surface area contributed by atoms with E-state index in [1.54, 1.807) is 0 Å². The summed E-state index contributed by atoms with van der Waals surface area (Å²) in [4.78, 5) is 26.2. The summed E-state index contributed by atoms with van der Waals surface area (Å²) in [6.07, 6.45) is 1.49. The van der Waals surface area contributed by atoms with Gasteiger partial charge in [0.2, 0.25) is 0 Å². The van der Waals surface area contributed by atoms with Crippen molar-refractivity contribution in [2.45, 2.75) is 20.8 Å². The number of ketones is 1. The fourth-order valence-corrected chi connectivity index (χ4v) is 1.75. The number of hydrogen-bond donors (Lipinski definition) is 1. The van der Waals surface area contributed by atoms with Crippen molar-refractivity contribution in [1.29, 1.82) is 0 Å². The number of nitrogens with one attached hydrogen (secondary N) is 1. The quantitative estimate of drug-likeness (QED) is 0.742. The third kappa shape index (κ3) is 1.54. The number of carbonyl (C=O) groups excluding carboxylic acids is 1. The van der Waals surface area contributed by atoms with Gasteiger partial charge in [0.05, 0.1) is 5.56 Å². The zero-order valence-corrected chi connectivity index (χ0v) is 9.55. The first-order valence-electron chi connectivity index (χ1n) is 5.14. The molecule has 3 nitrogen and oxygen atoms in total. The highest BCUT2D eigenvalue weighted by molar-refractivity contribution is 5.97. The first-order valence-corrected chi connectivity index (χ1v) is 5.14. The molecule has 0 radical (unpaired) electrons.